The van der Waals surface area contributed by atoms with E-state index in [4.69, 9.17) is 0 Å². The van der Waals surface area contributed by atoms with Gasteiger partial charge in [-0.2, -0.15) is 0 Å². The molecule has 0 aromatic heterocycles. The van der Waals surface area contributed by atoms with E-state index in [2.05, 4.69) is 5.32 Å². The quantitative estimate of drug-likeness (QED) is 0.219. The molecule has 2 heterocycles. The van der Waals surface area contributed by atoms with Gasteiger partial charge in [0.1, 0.15) is 11.5 Å². The third-order valence-corrected chi connectivity index (χ3v) is 9.51. The van der Waals surface area contributed by atoms with Crippen molar-refractivity contribution in [3.63, 3.8) is 0 Å². The molecular formula is C35H45NO11. The van der Waals surface area contributed by atoms with Crippen LogP contribution in [-0.4, -0.2) is 90.0 Å². The van der Waals surface area contributed by atoms with Crippen LogP contribution in [0.1, 0.15) is 78.2 Å². The molecule has 0 saturated carbocycles. The molecular weight excluding hydrogens is 610 g/mol. The summed E-state index contributed by atoms with van der Waals surface area (Å²) in [5.74, 6) is -9.29. The first-order valence-corrected chi connectivity index (χ1v) is 15.5. The van der Waals surface area contributed by atoms with E-state index in [9.17, 15) is 54.9 Å². The van der Waals surface area contributed by atoms with E-state index in [0.717, 1.165) is 6.08 Å². The molecule has 1 aromatic rings. The van der Waals surface area contributed by atoms with Crippen LogP contribution in [0.2, 0.25) is 0 Å². The van der Waals surface area contributed by atoms with Gasteiger partial charge in [-0.25, -0.2) is 0 Å². The van der Waals surface area contributed by atoms with Gasteiger partial charge in [0.2, 0.25) is 5.78 Å². The normalized spacial score (nSPS) is 31.7. The van der Waals surface area contributed by atoms with Gasteiger partial charge in [-0.15, -0.1) is 0 Å². The van der Waals surface area contributed by atoms with Gasteiger partial charge in [0, 0.05) is 46.8 Å². The number of Topliss-reactive ketones (excluding diaryl/α,β-unsaturated/α-hetero) is 2. The van der Waals surface area contributed by atoms with Crippen LogP contribution in [0.4, 0.5) is 0 Å². The lowest BCUT2D eigenvalue weighted by Crippen LogP contribution is -2.46. The second kappa shape index (κ2) is 14.9. The van der Waals surface area contributed by atoms with Crippen molar-refractivity contribution < 1.29 is 54.9 Å². The van der Waals surface area contributed by atoms with Gasteiger partial charge in [0.05, 0.1) is 53.4 Å². The smallest absolute Gasteiger partial charge is 0.251 e. The van der Waals surface area contributed by atoms with Crippen molar-refractivity contribution in [1.29, 1.82) is 0 Å². The minimum Gasteiger partial charge on any atom is -0.507 e. The van der Waals surface area contributed by atoms with Crippen LogP contribution in [0.5, 0.6) is 11.5 Å². The van der Waals surface area contributed by atoms with Crippen molar-refractivity contribution in [1.82, 2.24) is 5.32 Å². The number of aromatic hydroxyl groups is 2. The van der Waals surface area contributed by atoms with Crippen molar-refractivity contribution >= 4 is 23.3 Å². The first-order chi connectivity index (χ1) is 21.9. The zero-order valence-corrected chi connectivity index (χ0v) is 27.6. The number of ketones is 3. The highest BCUT2D eigenvalue weighted by Crippen LogP contribution is 2.41. The summed E-state index contributed by atoms with van der Waals surface area (Å²) < 4.78 is 0. The number of carbonyl (C=O) groups is 4. The first-order valence-electron chi connectivity index (χ1n) is 15.5. The lowest BCUT2D eigenvalue weighted by Gasteiger charge is -2.37. The fraction of sp³-hybridized carbons (Fsp3) is 0.486. The van der Waals surface area contributed by atoms with Gasteiger partial charge in [-0.1, -0.05) is 52.0 Å². The van der Waals surface area contributed by atoms with E-state index in [1.165, 1.54) is 45.9 Å². The molecule has 0 saturated heterocycles. The third-order valence-electron chi connectivity index (χ3n) is 9.51. The number of rotatable bonds is 1. The molecule has 47 heavy (non-hydrogen) atoms. The number of aliphatic hydroxyl groups excluding tert-OH is 5. The molecule has 256 valence electrons. The van der Waals surface area contributed by atoms with Gasteiger partial charge in [-0.05, 0) is 26.3 Å². The van der Waals surface area contributed by atoms with Gasteiger partial charge < -0.3 is 41.1 Å². The Kier molecular flexibility index (Phi) is 11.9. The highest BCUT2D eigenvalue weighted by molar-refractivity contribution is 6.31. The fourth-order valence-electron chi connectivity index (χ4n) is 6.11. The minimum atomic E-state index is -1.44. The maximum atomic E-state index is 13.8. The Morgan fingerprint density at radius 3 is 1.77 bits per heavy atom. The Morgan fingerprint density at radius 1 is 0.702 bits per heavy atom. The van der Waals surface area contributed by atoms with Gasteiger partial charge in [0.25, 0.3) is 5.91 Å². The van der Waals surface area contributed by atoms with E-state index >= 15 is 0 Å². The predicted octanol–water partition coefficient (Wildman–Crippen LogP) is 2.03. The van der Waals surface area contributed by atoms with Gasteiger partial charge in [-0.3, -0.25) is 19.2 Å². The summed E-state index contributed by atoms with van der Waals surface area (Å²) in [5, 5.41) is 78.6. The summed E-state index contributed by atoms with van der Waals surface area (Å²) in [6.45, 7) is 9.69. The number of hydrogen-bond donors (Lipinski definition) is 8. The molecule has 0 fully saturated rings. The van der Waals surface area contributed by atoms with Crippen LogP contribution < -0.4 is 5.32 Å². The first kappa shape index (κ1) is 37.5. The number of nitrogens with one attached hydrogen (secondary N) is 1. The average Bonchev–Trinajstić information content (AvgIpc) is 3.04. The summed E-state index contributed by atoms with van der Waals surface area (Å²) in [4.78, 5) is 53.6. The molecule has 2 aliphatic heterocycles. The number of hydrogen-bond acceptors (Lipinski definition) is 11. The maximum absolute atomic E-state index is 13.8. The second-order valence-electron chi connectivity index (χ2n) is 12.8. The number of amides is 1. The number of phenols is 2. The molecule has 0 radical (unpaired) electrons. The minimum absolute atomic E-state index is 0.117. The summed E-state index contributed by atoms with van der Waals surface area (Å²) in [7, 11) is 0. The summed E-state index contributed by atoms with van der Waals surface area (Å²) in [5.41, 5.74) is -2.50. The molecule has 0 spiro atoms. The average molecular weight is 656 g/mol. The second-order valence-corrected chi connectivity index (χ2v) is 12.8. The molecule has 9 atom stereocenters. The number of aliphatic hydroxyl groups is 5. The molecule has 12 heteroatoms. The van der Waals surface area contributed by atoms with E-state index in [1.54, 1.807) is 26.8 Å². The number of fused-ring (bicyclic) bond motifs is 15. The van der Waals surface area contributed by atoms with Crippen LogP contribution in [-0.2, 0) is 4.79 Å². The van der Waals surface area contributed by atoms with Crippen molar-refractivity contribution in [3.8, 4) is 11.5 Å². The van der Waals surface area contributed by atoms with E-state index in [1.807, 2.05) is 0 Å². The Hall–Kier alpha value is -3.94. The van der Waals surface area contributed by atoms with E-state index < -0.39 is 118 Å². The summed E-state index contributed by atoms with van der Waals surface area (Å²) in [6.07, 6.45) is 1.49. The van der Waals surface area contributed by atoms with Crippen molar-refractivity contribution in [2.24, 2.45) is 29.6 Å². The number of carbonyl (C=O) groups excluding carboxylic acids is 4. The van der Waals surface area contributed by atoms with Gasteiger partial charge in [0.15, 0.2) is 11.6 Å². The van der Waals surface area contributed by atoms with Crippen LogP contribution in [0.15, 0.2) is 47.2 Å². The Balaban J connectivity index is 2.23. The molecule has 9 unspecified atom stereocenters. The van der Waals surface area contributed by atoms with Gasteiger partial charge >= 0.3 is 0 Å². The number of phenolic OH excluding ortho intramolecular Hbond substituents is 2. The molecule has 1 aromatic carbocycles. The molecule has 1 amide bonds. The lowest BCUT2D eigenvalue weighted by molar-refractivity contribution is -0.116. The van der Waals surface area contributed by atoms with Crippen LogP contribution in [0, 0.1) is 36.5 Å². The topological polar surface area (TPSA) is 222 Å². The number of benzene rings is 1. The molecule has 4 bridgehead atoms. The molecule has 1 aliphatic carbocycles. The van der Waals surface area contributed by atoms with Crippen molar-refractivity contribution in [2.75, 3.05) is 6.61 Å². The fourth-order valence-corrected chi connectivity index (χ4v) is 6.11. The Labute approximate surface area is 273 Å². The Morgan fingerprint density at radius 2 is 1.21 bits per heavy atom. The van der Waals surface area contributed by atoms with Crippen LogP contribution >= 0.6 is 0 Å². The molecule has 12 nitrogen and oxygen atoms in total. The predicted molar refractivity (Wildman–Crippen MR) is 172 cm³/mol. The van der Waals surface area contributed by atoms with Crippen molar-refractivity contribution in [3.05, 3.63) is 69.5 Å². The van der Waals surface area contributed by atoms with Crippen molar-refractivity contribution in [2.45, 2.75) is 72.9 Å². The largest absolute Gasteiger partial charge is 0.507 e. The maximum Gasteiger partial charge on any atom is 0.251 e. The SMILES string of the molecule is CC1=CC=CC(C)C(O)C(C)C(O)C(C)C(O)C(C)C(O)C(CO)C=C(C)C(=O)c2c(O)c(C)c(O)c3c2C(=O)C=C(NC1=O)C3=O. The highest BCUT2D eigenvalue weighted by atomic mass is 16.3. The number of allylic oxidation sites excluding steroid dienone is 5. The van der Waals surface area contributed by atoms with Crippen LogP contribution in [0.3, 0.4) is 0 Å². The van der Waals surface area contributed by atoms with Crippen LogP contribution in [0.25, 0.3) is 0 Å². The molecule has 4 rings (SSSR count). The van der Waals surface area contributed by atoms with E-state index in [-0.39, 0.29) is 16.7 Å². The molecule has 3 aliphatic rings. The third kappa shape index (κ3) is 7.31. The summed E-state index contributed by atoms with van der Waals surface area (Å²) in [6, 6.07) is 0. The zero-order chi connectivity index (χ0) is 35.7. The zero-order valence-electron chi connectivity index (χ0n) is 27.6. The molecule has 8 N–H and O–H groups in total. The monoisotopic (exact) mass is 655 g/mol. The van der Waals surface area contributed by atoms with E-state index in [0.29, 0.717) is 0 Å². The lowest BCUT2D eigenvalue weighted by atomic mass is 9.76. The Bertz CT molecular complexity index is 1570. The standard InChI is InChI=1S/C35H45NO11/c1-14-9-8-10-15(2)35(47)36-22-12-23(38)24-25(32(44)20(7)33(45)26(24)34(22)46)28(40)16(3)11-21(13-37)31(43)19(6)30(42)18(5)29(41)17(4)27(14)39/h8-12,14,17-19,21,27,29-31,37,39,41-45H,13H2,1-7H3,(H,36,47). The summed E-state index contributed by atoms with van der Waals surface area (Å²) >= 11 is 0. The highest BCUT2D eigenvalue weighted by Gasteiger charge is 2.40.